The van der Waals surface area contributed by atoms with Crippen LogP contribution in [0.25, 0.3) is 11.1 Å². The van der Waals surface area contributed by atoms with Crippen molar-refractivity contribution in [2.24, 2.45) is 0 Å². The summed E-state index contributed by atoms with van der Waals surface area (Å²) in [7, 11) is 0. The van der Waals surface area contributed by atoms with Gasteiger partial charge in [0.25, 0.3) is 0 Å². The van der Waals surface area contributed by atoms with E-state index in [1.54, 1.807) is 31.2 Å². The quantitative estimate of drug-likeness (QED) is 0.251. The molecule has 9 heteroatoms. The van der Waals surface area contributed by atoms with Crippen molar-refractivity contribution >= 4 is 11.8 Å². The Labute approximate surface area is 212 Å². The first-order valence-electron chi connectivity index (χ1n) is 11.7. The van der Waals surface area contributed by atoms with Crippen LogP contribution in [0.2, 0.25) is 0 Å². The van der Waals surface area contributed by atoms with Crippen LogP contribution in [0.15, 0.2) is 66.7 Å². The lowest BCUT2D eigenvalue weighted by Crippen LogP contribution is -2.40. The molecule has 0 aliphatic rings. The molecule has 0 saturated carbocycles. The number of ether oxygens (including phenoxy) is 2. The van der Waals surface area contributed by atoms with Crippen molar-refractivity contribution in [2.45, 2.75) is 38.1 Å². The van der Waals surface area contributed by atoms with Gasteiger partial charge in [-0.15, -0.1) is 0 Å². The summed E-state index contributed by atoms with van der Waals surface area (Å²) >= 11 is 0. The number of halogens is 2. The Kier molecular flexibility index (Phi) is 9.85. The van der Waals surface area contributed by atoms with Gasteiger partial charge in [0, 0.05) is 6.42 Å². The Morgan fingerprint density at radius 2 is 1.62 bits per heavy atom. The highest BCUT2D eigenvalue weighted by atomic mass is 19.1. The van der Waals surface area contributed by atoms with Crippen LogP contribution in [0.1, 0.15) is 29.3 Å². The maximum atomic E-state index is 14.4. The minimum absolute atomic E-state index is 0.134. The summed E-state index contributed by atoms with van der Waals surface area (Å²) in [6.45, 7) is 0.610. The van der Waals surface area contributed by atoms with Gasteiger partial charge in [-0.3, -0.25) is 4.79 Å². The van der Waals surface area contributed by atoms with Crippen LogP contribution in [-0.2, 0) is 16.0 Å². The SMILES string of the molecule is CCC(O)C(O)C(O)COC(=O)COc1cccc(CC(=O)c2cc(-c3cccc(F)c3)ccc2F)c1. The lowest BCUT2D eigenvalue weighted by Gasteiger charge is -2.21. The Morgan fingerprint density at radius 1 is 0.892 bits per heavy atom. The Balaban J connectivity index is 1.59. The van der Waals surface area contributed by atoms with Gasteiger partial charge in [-0.25, -0.2) is 13.6 Å². The predicted octanol–water partition coefficient (Wildman–Crippen LogP) is 3.47. The third kappa shape index (κ3) is 7.91. The number of carbonyl (C=O) groups is 2. The number of aliphatic hydroxyl groups excluding tert-OH is 3. The number of benzene rings is 3. The zero-order valence-electron chi connectivity index (χ0n) is 20.1. The molecule has 3 aromatic carbocycles. The zero-order valence-corrected chi connectivity index (χ0v) is 20.1. The third-order valence-electron chi connectivity index (χ3n) is 5.67. The number of hydrogen-bond acceptors (Lipinski definition) is 7. The molecule has 0 saturated heterocycles. The first-order chi connectivity index (χ1) is 17.7. The molecule has 3 aromatic rings. The fraction of sp³-hybridized carbons (Fsp3) is 0.286. The van der Waals surface area contributed by atoms with E-state index in [1.165, 1.54) is 36.4 Å². The van der Waals surface area contributed by atoms with Crippen LogP contribution in [0.3, 0.4) is 0 Å². The molecule has 0 aliphatic heterocycles. The summed E-state index contributed by atoms with van der Waals surface area (Å²) in [4.78, 5) is 24.8. The first kappa shape index (κ1) is 27.9. The monoisotopic (exact) mass is 514 g/mol. The van der Waals surface area contributed by atoms with E-state index in [0.29, 0.717) is 16.7 Å². The first-order valence-corrected chi connectivity index (χ1v) is 11.7. The largest absolute Gasteiger partial charge is 0.482 e. The molecule has 0 fully saturated rings. The van der Waals surface area contributed by atoms with Gasteiger partial charge in [0.15, 0.2) is 12.4 Å². The summed E-state index contributed by atoms with van der Waals surface area (Å²) < 4.78 is 38.2. The average Bonchev–Trinajstić information content (AvgIpc) is 2.90. The molecule has 7 nitrogen and oxygen atoms in total. The van der Waals surface area contributed by atoms with E-state index >= 15 is 0 Å². The molecule has 0 aliphatic carbocycles. The highest BCUT2D eigenvalue weighted by Gasteiger charge is 2.24. The summed E-state index contributed by atoms with van der Waals surface area (Å²) in [6, 6.07) is 16.1. The molecule has 0 amide bonds. The molecule has 3 unspecified atom stereocenters. The van der Waals surface area contributed by atoms with Crippen molar-refractivity contribution in [1.29, 1.82) is 0 Å². The maximum Gasteiger partial charge on any atom is 0.344 e. The minimum Gasteiger partial charge on any atom is -0.482 e. The topological polar surface area (TPSA) is 113 Å². The number of aliphatic hydroxyl groups is 3. The molecule has 0 spiro atoms. The highest BCUT2D eigenvalue weighted by molar-refractivity contribution is 5.98. The number of carbonyl (C=O) groups excluding carboxylic acids is 2. The molecule has 0 heterocycles. The van der Waals surface area contributed by atoms with E-state index in [1.807, 2.05) is 0 Å². The van der Waals surface area contributed by atoms with Crippen molar-refractivity contribution < 1.29 is 43.2 Å². The number of Topliss-reactive ketones (excluding diaryl/α,β-unsaturated/α-hetero) is 1. The van der Waals surface area contributed by atoms with Crippen LogP contribution >= 0.6 is 0 Å². The second-order valence-electron chi connectivity index (χ2n) is 8.46. The van der Waals surface area contributed by atoms with Gasteiger partial charge in [0.05, 0.1) is 11.7 Å². The predicted molar refractivity (Wildman–Crippen MR) is 131 cm³/mol. The molecule has 0 radical (unpaired) electrons. The molecular weight excluding hydrogens is 486 g/mol. The van der Waals surface area contributed by atoms with Gasteiger partial charge in [-0.05, 0) is 59.5 Å². The Bertz CT molecular complexity index is 1230. The molecular formula is C28H28F2O7. The van der Waals surface area contributed by atoms with Crippen LogP contribution in [0.5, 0.6) is 5.75 Å². The lowest BCUT2D eigenvalue weighted by molar-refractivity contribution is -0.153. The molecule has 3 atom stereocenters. The number of esters is 1. The van der Waals surface area contributed by atoms with Gasteiger partial charge < -0.3 is 24.8 Å². The van der Waals surface area contributed by atoms with E-state index < -0.39 is 54.9 Å². The van der Waals surface area contributed by atoms with Crippen molar-refractivity contribution in [3.05, 3.63) is 89.5 Å². The lowest BCUT2D eigenvalue weighted by atomic mass is 9.97. The van der Waals surface area contributed by atoms with Crippen LogP contribution in [-0.4, -0.2) is 58.6 Å². The minimum atomic E-state index is -1.45. The molecule has 3 N–H and O–H groups in total. The average molecular weight is 515 g/mol. The zero-order chi connectivity index (χ0) is 26.9. The fourth-order valence-corrected chi connectivity index (χ4v) is 3.57. The van der Waals surface area contributed by atoms with Crippen LogP contribution in [0.4, 0.5) is 8.78 Å². The molecule has 3 rings (SSSR count). The Hall–Kier alpha value is -3.66. The second kappa shape index (κ2) is 13.0. The number of ketones is 1. The molecule has 196 valence electrons. The number of hydrogen-bond donors (Lipinski definition) is 3. The standard InChI is InChI=1S/C28H28F2O7/c1-2-24(31)28(35)26(33)15-37-27(34)16-36-21-8-3-5-17(11-21)12-25(32)22-14-19(9-10-23(22)30)18-6-4-7-20(29)13-18/h3-11,13-14,24,26,28,31,33,35H,2,12,15-16H2,1H3. The highest BCUT2D eigenvalue weighted by Crippen LogP contribution is 2.24. The molecule has 37 heavy (non-hydrogen) atoms. The van der Waals surface area contributed by atoms with Crippen molar-refractivity contribution in [1.82, 2.24) is 0 Å². The van der Waals surface area contributed by atoms with Gasteiger partial charge >= 0.3 is 5.97 Å². The van der Waals surface area contributed by atoms with E-state index in [9.17, 15) is 33.7 Å². The summed E-state index contributed by atoms with van der Waals surface area (Å²) in [5, 5.41) is 29.0. The smallest absolute Gasteiger partial charge is 0.344 e. The van der Waals surface area contributed by atoms with Crippen LogP contribution < -0.4 is 4.74 Å². The number of rotatable bonds is 12. The molecule has 0 bridgehead atoms. The second-order valence-corrected chi connectivity index (χ2v) is 8.46. The summed E-state index contributed by atoms with van der Waals surface area (Å²) in [5.41, 5.74) is 1.39. The third-order valence-corrected chi connectivity index (χ3v) is 5.67. The van der Waals surface area contributed by atoms with Gasteiger partial charge in [-0.1, -0.05) is 37.3 Å². The van der Waals surface area contributed by atoms with Crippen molar-refractivity contribution in [2.75, 3.05) is 13.2 Å². The van der Waals surface area contributed by atoms with Gasteiger partial charge in [-0.2, -0.15) is 0 Å². The van der Waals surface area contributed by atoms with Crippen molar-refractivity contribution in [3.63, 3.8) is 0 Å². The summed E-state index contributed by atoms with van der Waals surface area (Å²) in [6.07, 6.45) is -3.97. The molecule has 0 aromatic heterocycles. The van der Waals surface area contributed by atoms with Crippen molar-refractivity contribution in [3.8, 4) is 16.9 Å². The maximum absolute atomic E-state index is 14.4. The van der Waals surface area contributed by atoms with E-state index in [0.717, 1.165) is 6.07 Å². The Morgan fingerprint density at radius 3 is 2.35 bits per heavy atom. The van der Waals surface area contributed by atoms with Crippen LogP contribution in [0, 0.1) is 11.6 Å². The van der Waals surface area contributed by atoms with E-state index in [2.05, 4.69) is 0 Å². The van der Waals surface area contributed by atoms with Gasteiger partial charge in [0.2, 0.25) is 0 Å². The van der Waals surface area contributed by atoms with E-state index in [4.69, 9.17) is 9.47 Å². The fourth-order valence-electron chi connectivity index (χ4n) is 3.57. The van der Waals surface area contributed by atoms with Gasteiger partial charge in [0.1, 0.15) is 36.2 Å². The normalized spacial score (nSPS) is 13.5. The van der Waals surface area contributed by atoms with E-state index in [-0.39, 0.29) is 24.2 Å². The summed E-state index contributed by atoms with van der Waals surface area (Å²) in [5.74, 6) is -2.18.